The van der Waals surface area contributed by atoms with Crippen LogP contribution < -0.4 is 0 Å². The average Bonchev–Trinajstić information content (AvgIpc) is 2.29. The van der Waals surface area contributed by atoms with Gasteiger partial charge in [0.15, 0.2) is 0 Å². The molecule has 0 N–H and O–H groups in total. The topological polar surface area (TPSA) is 34.1 Å². The lowest BCUT2D eigenvalue weighted by Crippen LogP contribution is -2.08. The Morgan fingerprint density at radius 1 is 1.12 bits per heavy atom. The van der Waals surface area contributed by atoms with Crippen LogP contribution >= 0.6 is 10.7 Å². The average molecular weight is 273 g/mol. The van der Waals surface area contributed by atoms with Gasteiger partial charge in [-0.1, -0.05) is 43.5 Å². The highest BCUT2D eigenvalue weighted by Gasteiger charge is 2.20. The third-order valence-electron chi connectivity index (χ3n) is 3.43. The molecule has 1 aliphatic carbocycles. The summed E-state index contributed by atoms with van der Waals surface area (Å²) in [5, 5.41) is 0. The van der Waals surface area contributed by atoms with Crippen LogP contribution in [0, 0.1) is 0 Å². The van der Waals surface area contributed by atoms with Crippen LogP contribution in [0.4, 0.5) is 0 Å². The van der Waals surface area contributed by atoms with Gasteiger partial charge in [0.05, 0.1) is 5.75 Å². The van der Waals surface area contributed by atoms with E-state index in [2.05, 4.69) is 0 Å². The quantitative estimate of drug-likeness (QED) is 0.784. The molecule has 0 atom stereocenters. The highest BCUT2D eigenvalue weighted by Crippen LogP contribution is 2.35. The summed E-state index contributed by atoms with van der Waals surface area (Å²) in [6.07, 6.45) is 6.12. The fraction of sp³-hybridized carbons (Fsp3) is 0.538. The molecule has 94 valence electrons. The molecule has 0 bridgehead atoms. The highest BCUT2D eigenvalue weighted by atomic mass is 35.7. The number of halogens is 1. The fourth-order valence-electron chi connectivity index (χ4n) is 2.66. The lowest BCUT2D eigenvalue weighted by Gasteiger charge is -2.24. The molecule has 0 aliphatic heterocycles. The maximum Gasteiger partial charge on any atom is 0.236 e. The van der Waals surface area contributed by atoms with E-state index in [1.54, 1.807) is 0 Å². The van der Waals surface area contributed by atoms with Crippen molar-refractivity contribution < 1.29 is 8.42 Å². The highest BCUT2D eigenvalue weighted by molar-refractivity contribution is 8.13. The summed E-state index contributed by atoms with van der Waals surface area (Å²) >= 11 is 0. The smallest absolute Gasteiger partial charge is 0.212 e. The molecule has 17 heavy (non-hydrogen) atoms. The van der Waals surface area contributed by atoms with E-state index in [0.717, 1.165) is 5.56 Å². The van der Waals surface area contributed by atoms with E-state index >= 15 is 0 Å². The van der Waals surface area contributed by atoms with E-state index in [4.69, 9.17) is 10.7 Å². The summed E-state index contributed by atoms with van der Waals surface area (Å²) in [6, 6.07) is 7.79. The van der Waals surface area contributed by atoms with Crippen LogP contribution in [0.1, 0.15) is 49.1 Å². The standard InChI is InChI=1S/C13H17ClO2S/c14-17(15,16)10-12-8-4-5-9-13(12)11-6-2-1-3-7-11/h4-5,8-9,11H,1-3,6-7,10H2. The zero-order valence-corrected chi connectivity index (χ0v) is 11.3. The molecule has 0 amide bonds. The second kappa shape index (κ2) is 5.40. The van der Waals surface area contributed by atoms with Gasteiger partial charge >= 0.3 is 0 Å². The van der Waals surface area contributed by atoms with Crippen molar-refractivity contribution in [3.63, 3.8) is 0 Å². The second-order valence-corrected chi connectivity index (χ2v) is 7.49. The van der Waals surface area contributed by atoms with Gasteiger partial charge in [-0.3, -0.25) is 0 Å². The Morgan fingerprint density at radius 3 is 2.41 bits per heavy atom. The Morgan fingerprint density at radius 2 is 1.76 bits per heavy atom. The predicted octanol–water partition coefficient (Wildman–Crippen LogP) is 3.80. The Hall–Kier alpha value is -0.540. The van der Waals surface area contributed by atoms with E-state index in [9.17, 15) is 8.42 Å². The van der Waals surface area contributed by atoms with E-state index in [-0.39, 0.29) is 5.75 Å². The van der Waals surface area contributed by atoms with E-state index in [1.165, 1.54) is 37.7 Å². The van der Waals surface area contributed by atoms with Gasteiger partial charge in [-0.25, -0.2) is 8.42 Å². The van der Waals surface area contributed by atoms with Crippen molar-refractivity contribution in [1.82, 2.24) is 0 Å². The largest absolute Gasteiger partial charge is 0.236 e. The minimum atomic E-state index is -3.47. The molecule has 0 radical (unpaired) electrons. The van der Waals surface area contributed by atoms with Crippen molar-refractivity contribution in [2.75, 3.05) is 0 Å². The number of hydrogen-bond acceptors (Lipinski definition) is 2. The second-order valence-electron chi connectivity index (χ2n) is 4.72. The molecule has 1 aromatic rings. The zero-order valence-electron chi connectivity index (χ0n) is 9.73. The Bertz CT molecular complexity index is 476. The van der Waals surface area contributed by atoms with Crippen LogP contribution in [0.2, 0.25) is 0 Å². The predicted molar refractivity (Wildman–Crippen MR) is 70.7 cm³/mol. The molecule has 0 unspecified atom stereocenters. The van der Waals surface area contributed by atoms with Crippen molar-refractivity contribution >= 4 is 19.7 Å². The molecule has 1 saturated carbocycles. The third-order valence-corrected chi connectivity index (χ3v) is 4.41. The molecule has 0 heterocycles. The first-order valence-electron chi connectivity index (χ1n) is 6.06. The Kier molecular flexibility index (Phi) is 4.10. The SMILES string of the molecule is O=S(=O)(Cl)Cc1ccccc1C1CCCCC1. The molecule has 4 heteroatoms. The monoisotopic (exact) mass is 272 g/mol. The summed E-state index contributed by atoms with van der Waals surface area (Å²) in [5.74, 6) is 0.458. The van der Waals surface area contributed by atoms with Crippen molar-refractivity contribution in [1.29, 1.82) is 0 Å². The lowest BCUT2D eigenvalue weighted by atomic mass is 9.82. The first-order valence-corrected chi connectivity index (χ1v) is 8.54. The molecule has 0 saturated heterocycles. The number of hydrogen-bond donors (Lipinski definition) is 0. The summed E-state index contributed by atoms with van der Waals surface area (Å²) in [6.45, 7) is 0. The van der Waals surface area contributed by atoms with Gasteiger partial charge in [-0.2, -0.15) is 0 Å². The summed E-state index contributed by atoms with van der Waals surface area (Å²) in [7, 11) is 1.88. The number of benzene rings is 1. The van der Waals surface area contributed by atoms with Crippen LogP contribution in [-0.4, -0.2) is 8.42 Å². The molecule has 1 fully saturated rings. The van der Waals surface area contributed by atoms with Gasteiger partial charge in [0, 0.05) is 10.7 Å². The normalized spacial score (nSPS) is 18.2. The van der Waals surface area contributed by atoms with Gasteiger partial charge in [-0.05, 0) is 29.9 Å². The first-order chi connectivity index (χ1) is 8.06. The number of rotatable bonds is 3. The minimum Gasteiger partial charge on any atom is -0.212 e. The van der Waals surface area contributed by atoms with E-state index in [1.807, 2.05) is 24.3 Å². The fourth-order valence-corrected chi connectivity index (χ4v) is 3.65. The molecule has 0 aromatic heterocycles. The van der Waals surface area contributed by atoms with Crippen molar-refractivity contribution in [3.8, 4) is 0 Å². The maximum atomic E-state index is 11.2. The van der Waals surface area contributed by atoms with Crippen molar-refractivity contribution in [2.24, 2.45) is 0 Å². The Labute approximate surface area is 107 Å². The van der Waals surface area contributed by atoms with E-state index < -0.39 is 9.05 Å². The molecule has 2 rings (SSSR count). The van der Waals surface area contributed by atoms with Crippen molar-refractivity contribution in [3.05, 3.63) is 35.4 Å². The minimum absolute atomic E-state index is 0.0543. The van der Waals surface area contributed by atoms with Gasteiger partial charge in [-0.15, -0.1) is 0 Å². The van der Waals surface area contributed by atoms with Crippen LogP contribution in [-0.2, 0) is 14.8 Å². The summed E-state index contributed by atoms with van der Waals surface area (Å²) in [4.78, 5) is 0. The van der Waals surface area contributed by atoms with Crippen LogP contribution in [0.3, 0.4) is 0 Å². The van der Waals surface area contributed by atoms with Gasteiger partial charge in [0.25, 0.3) is 0 Å². The van der Waals surface area contributed by atoms with Crippen LogP contribution in [0.25, 0.3) is 0 Å². The molecule has 0 spiro atoms. The van der Waals surface area contributed by atoms with Gasteiger partial charge in [0.2, 0.25) is 9.05 Å². The van der Waals surface area contributed by atoms with Gasteiger partial charge in [0.1, 0.15) is 0 Å². The molecular weight excluding hydrogens is 256 g/mol. The lowest BCUT2D eigenvalue weighted by molar-refractivity contribution is 0.442. The molecule has 1 aromatic carbocycles. The van der Waals surface area contributed by atoms with Crippen molar-refractivity contribution in [2.45, 2.75) is 43.8 Å². The Balaban J connectivity index is 2.26. The van der Waals surface area contributed by atoms with Crippen LogP contribution in [0.5, 0.6) is 0 Å². The van der Waals surface area contributed by atoms with Crippen LogP contribution in [0.15, 0.2) is 24.3 Å². The zero-order chi connectivity index (χ0) is 12.3. The molecule has 1 aliphatic rings. The first kappa shape index (κ1) is 12.9. The summed E-state index contributed by atoms with van der Waals surface area (Å²) in [5.41, 5.74) is 2.05. The summed E-state index contributed by atoms with van der Waals surface area (Å²) < 4.78 is 22.4. The maximum absolute atomic E-state index is 11.2. The molecular formula is C13H17ClO2S. The molecule has 2 nitrogen and oxygen atoms in total. The van der Waals surface area contributed by atoms with E-state index in [0.29, 0.717) is 5.92 Å². The van der Waals surface area contributed by atoms with Gasteiger partial charge < -0.3 is 0 Å². The third kappa shape index (κ3) is 3.71.